The second-order valence-corrected chi connectivity index (χ2v) is 3.98. The summed E-state index contributed by atoms with van der Waals surface area (Å²) < 4.78 is 5.33. The van der Waals surface area contributed by atoms with Gasteiger partial charge in [0.1, 0.15) is 0 Å². The van der Waals surface area contributed by atoms with Crippen LogP contribution < -0.4 is 5.73 Å². The summed E-state index contributed by atoms with van der Waals surface area (Å²) in [6, 6.07) is 0. The molecule has 1 aromatic heterocycles. The van der Waals surface area contributed by atoms with Gasteiger partial charge >= 0.3 is 0 Å². The Kier molecular flexibility index (Phi) is 5.43. The van der Waals surface area contributed by atoms with Crippen LogP contribution in [0.4, 0.5) is 0 Å². The number of aryl methyl sites for hydroxylation is 2. The van der Waals surface area contributed by atoms with Crippen molar-refractivity contribution in [1.29, 1.82) is 0 Å². The predicted molar refractivity (Wildman–Crippen MR) is 66.4 cm³/mol. The van der Waals surface area contributed by atoms with Gasteiger partial charge in [-0.1, -0.05) is 0 Å². The molecule has 0 saturated heterocycles. The maximum absolute atomic E-state index is 5.79. The van der Waals surface area contributed by atoms with E-state index in [2.05, 4.69) is 11.9 Å². The maximum atomic E-state index is 5.79. The van der Waals surface area contributed by atoms with E-state index in [-0.39, 0.29) is 0 Å². The molecule has 0 radical (unpaired) electrons. The molecule has 0 aliphatic rings. The first-order valence-corrected chi connectivity index (χ1v) is 5.92. The van der Waals surface area contributed by atoms with Gasteiger partial charge in [0.25, 0.3) is 0 Å². The van der Waals surface area contributed by atoms with Crippen LogP contribution in [0, 0.1) is 13.8 Å². The lowest BCUT2D eigenvalue weighted by Crippen LogP contribution is -2.08. The van der Waals surface area contributed by atoms with Gasteiger partial charge in [-0.05, 0) is 50.3 Å². The highest BCUT2D eigenvalue weighted by Gasteiger charge is 2.07. The monoisotopic (exact) mass is 222 g/mol. The topological polar surface area (TPSA) is 48.1 Å². The van der Waals surface area contributed by atoms with Crippen molar-refractivity contribution in [2.75, 3.05) is 13.2 Å². The molecule has 0 spiro atoms. The SMILES string of the molecule is CCOCCCc1cnc(C)c(C)c1CN. The molecule has 0 aliphatic carbocycles. The minimum atomic E-state index is 0.596. The van der Waals surface area contributed by atoms with Crippen molar-refractivity contribution in [1.82, 2.24) is 4.98 Å². The Balaban J connectivity index is 2.68. The predicted octanol–water partition coefficient (Wildman–Crippen LogP) is 2.13. The third-order valence-corrected chi connectivity index (χ3v) is 2.94. The molecule has 3 heteroatoms. The van der Waals surface area contributed by atoms with E-state index in [4.69, 9.17) is 10.5 Å². The minimum Gasteiger partial charge on any atom is -0.382 e. The van der Waals surface area contributed by atoms with Crippen molar-refractivity contribution in [3.8, 4) is 0 Å². The van der Waals surface area contributed by atoms with Crippen LogP contribution in [0.5, 0.6) is 0 Å². The van der Waals surface area contributed by atoms with E-state index in [9.17, 15) is 0 Å². The number of aromatic nitrogens is 1. The number of hydrogen-bond acceptors (Lipinski definition) is 3. The van der Waals surface area contributed by atoms with Crippen LogP contribution >= 0.6 is 0 Å². The van der Waals surface area contributed by atoms with Crippen LogP contribution in [0.2, 0.25) is 0 Å². The molecular formula is C13H22N2O. The Bertz CT molecular complexity index is 337. The van der Waals surface area contributed by atoms with Gasteiger partial charge in [-0.2, -0.15) is 0 Å². The second-order valence-electron chi connectivity index (χ2n) is 3.98. The van der Waals surface area contributed by atoms with Crippen molar-refractivity contribution < 1.29 is 4.74 Å². The zero-order valence-corrected chi connectivity index (χ0v) is 10.5. The van der Waals surface area contributed by atoms with Crippen molar-refractivity contribution >= 4 is 0 Å². The van der Waals surface area contributed by atoms with Crippen molar-refractivity contribution in [3.63, 3.8) is 0 Å². The van der Waals surface area contributed by atoms with Crippen molar-refractivity contribution in [3.05, 3.63) is 28.6 Å². The Morgan fingerprint density at radius 1 is 1.38 bits per heavy atom. The number of nitrogens with two attached hydrogens (primary N) is 1. The standard InChI is InChI=1S/C13H22N2O/c1-4-16-7-5-6-12-9-15-11(3)10(2)13(12)8-14/h9H,4-8,14H2,1-3H3. The van der Waals surface area contributed by atoms with E-state index in [1.54, 1.807) is 0 Å². The highest BCUT2D eigenvalue weighted by Crippen LogP contribution is 2.16. The fraction of sp³-hybridized carbons (Fsp3) is 0.615. The van der Waals surface area contributed by atoms with E-state index >= 15 is 0 Å². The van der Waals surface area contributed by atoms with E-state index in [0.717, 1.165) is 31.7 Å². The van der Waals surface area contributed by atoms with Gasteiger partial charge in [0.15, 0.2) is 0 Å². The lowest BCUT2D eigenvalue weighted by Gasteiger charge is -2.12. The number of rotatable bonds is 6. The van der Waals surface area contributed by atoms with E-state index in [0.29, 0.717) is 6.54 Å². The molecule has 1 rings (SSSR count). The quantitative estimate of drug-likeness (QED) is 0.750. The van der Waals surface area contributed by atoms with Gasteiger partial charge in [-0.25, -0.2) is 0 Å². The summed E-state index contributed by atoms with van der Waals surface area (Å²) in [7, 11) is 0. The number of ether oxygens (including phenoxy) is 1. The Morgan fingerprint density at radius 3 is 2.75 bits per heavy atom. The highest BCUT2D eigenvalue weighted by atomic mass is 16.5. The molecule has 90 valence electrons. The van der Waals surface area contributed by atoms with Crippen molar-refractivity contribution in [2.24, 2.45) is 5.73 Å². The molecule has 16 heavy (non-hydrogen) atoms. The van der Waals surface area contributed by atoms with E-state index in [1.807, 2.05) is 20.0 Å². The molecule has 0 amide bonds. The summed E-state index contributed by atoms with van der Waals surface area (Å²) in [5.41, 5.74) is 10.6. The Labute approximate surface area is 98.0 Å². The normalized spacial score (nSPS) is 10.8. The van der Waals surface area contributed by atoms with Crippen LogP contribution in [0.15, 0.2) is 6.20 Å². The fourth-order valence-corrected chi connectivity index (χ4v) is 1.82. The van der Waals surface area contributed by atoms with Gasteiger partial charge in [-0.3, -0.25) is 4.98 Å². The summed E-state index contributed by atoms with van der Waals surface area (Å²) >= 11 is 0. The first kappa shape index (κ1) is 13.1. The fourth-order valence-electron chi connectivity index (χ4n) is 1.82. The lowest BCUT2D eigenvalue weighted by atomic mass is 9.99. The molecular weight excluding hydrogens is 200 g/mol. The van der Waals surface area contributed by atoms with Crippen LogP contribution in [0.3, 0.4) is 0 Å². The average molecular weight is 222 g/mol. The number of pyridine rings is 1. The zero-order valence-electron chi connectivity index (χ0n) is 10.5. The molecule has 0 aromatic carbocycles. The molecule has 0 unspecified atom stereocenters. The third-order valence-electron chi connectivity index (χ3n) is 2.94. The molecule has 2 N–H and O–H groups in total. The largest absolute Gasteiger partial charge is 0.382 e. The summed E-state index contributed by atoms with van der Waals surface area (Å²) in [5.74, 6) is 0. The third kappa shape index (κ3) is 3.29. The molecule has 3 nitrogen and oxygen atoms in total. The highest BCUT2D eigenvalue weighted by molar-refractivity contribution is 5.35. The number of hydrogen-bond donors (Lipinski definition) is 1. The molecule has 1 heterocycles. The molecule has 0 bridgehead atoms. The lowest BCUT2D eigenvalue weighted by molar-refractivity contribution is 0.145. The maximum Gasteiger partial charge on any atom is 0.0469 e. The molecule has 0 atom stereocenters. The Morgan fingerprint density at radius 2 is 2.12 bits per heavy atom. The van der Waals surface area contributed by atoms with Gasteiger partial charge in [0.05, 0.1) is 0 Å². The van der Waals surface area contributed by atoms with Crippen LogP contribution in [0.25, 0.3) is 0 Å². The van der Waals surface area contributed by atoms with Crippen LogP contribution in [0.1, 0.15) is 35.7 Å². The first-order chi connectivity index (χ1) is 7.70. The average Bonchev–Trinajstić information content (AvgIpc) is 2.29. The van der Waals surface area contributed by atoms with Gasteiger partial charge < -0.3 is 10.5 Å². The van der Waals surface area contributed by atoms with E-state index in [1.165, 1.54) is 16.7 Å². The minimum absolute atomic E-state index is 0.596. The summed E-state index contributed by atoms with van der Waals surface area (Å²) in [5, 5.41) is 0. The molecule has 0 aliphatic heterocycles. The Hall–Kier alpha value is -0.930. The summed E-state index contributed by atoms with van der Waals surface area (Å²) in [6.07, 6.45) is 3.99. The van der Waals surface area contributed by atoms with Gasteiger partial charge in [0.2, 0.25) is 0 Å². The summed E-state index contributed by atoms with van der Waals surface area (Å²) in [4.78, 5) is 4.39. The van der Waals surface area contributed by atoms with Gasteiger partial charge in [0, 0.05) is 31.6 Å². The molecule has 1 aromatic rings. The van der Waals surface area contributed by atoms with Crippen LogP contribution in [-0.2, 0) is 17.7 Å². The first-order valence-electron chi connectivity index (χ1n) is 5.92. The second kappa shape index (κ2) is 6.61. The molecule has 0 fully saturated rings. The zero-order chi connectivity index (χ0) is 12.0. The molecule has 0 saturated carbocycles. The smallest absolute Gasteiger partial charge is 0.0469 e. The number of nitrogens with zero attached hydrogens (tertiary/aromatic N) is 1. The van der Waals surface area contributed by atoms with Crippen LogP contribution in [-0.4, -0.2) is 18.2 Å². The van der Waals surface area contributed by atoms with Gasteiger partial charge in [-0.15, -0.1) is 0 Å². The van der Waals surface area contributed by atoms with E-state index < -0.39 is 0 Å². The van der Waals surface area contributed by atoms with Crippen molar-refractivity contribution in [2.45, 2.75) is 40.2 Å². The summed E-state index contributed by atoms with van der Waals surface area (Å²) in [6.45, 7) is 8.33.